The summed E-state index contributed by atoms with van der Waals surface area (Å²) in [6.07, 6.45) is 4.12. The van der Waals surface area contributed by atoms with Crippen LogP contribution in [0.3, 0.4) is 0 Å². The molecule has 42 heavy (non-hydrogen) atoms. The number of aliphatic hydroxyl groups is 1. The predicted octanol–water partition coefficient (Wildman–Crippen LogP) is 6.14. The molecule has 5 rings (SSSR count). The third-order valence-corrected chi connectivity index (χ3v) is 7.37. The van der Waals surface area contributed by atoms with Gasteiger partial charge in [0.15, 0.2) is 5.82 Å². The number of likely N-dealkylation sites (tertiary alicyclic amines) is 1. The lowest BCUT2D eigenvalue weighted by Crippen LogP contribution is -2.35. The number of carbonyl (C=O) groups is 1. The molecule has 1 aromatic carbocycles. The number of rotatable bonds is 3. The van der Waals surface area contributed by atoms with E-state index in [1.807, 2.05) is 66.8 Å². The number of H-pyrrole nitrogens is 1. The summed E-state index contributed by atoms with van der Waals surface area (Å²) in [5, 5.41) is 14.6. The second-order valence-corrected chi connectivity index (χ2v) is 12.0. The van der Waals surface area contributed by atoms with Crippen LogP contribution in [0.5, 0.6) is 0 Å². The molecule has 0 aliphatic carbocycles. The van der Waals surface area contributed by atoms with Crippen LogP contribution in [-0.2, 0) is 11.2 Å². The highest BCUT2D eigenvalue weighted by molar-refractivity contribution is 9.10. The number of aryl methyl sites for hydroxylation is 2. The van der Waals surface area contributed by atoms with E-state index in [1.165, 1.54) is 4.90 Å². The summed E-state index contributed by atoms with van der Waals surface area (Å²) < 4.78 is 7.61. The Kier molecular flexibility index (Phi) is 11.3. The van der Waals surface area contributed by atoms with Crippen LogP contribution in [0.1, 0.15) is 63.7 Å². The van der Waals surface area contributed by atoms with Crippen LogP contribution in [0.4, 0.5) is 4.79 Å². The van der Waals surface area contributed by atoms with Gasteiger partial charge in [-0.15, -0.1) is 0 Å². The number of aromatic amines is 1. The number of β-amino-alcohol motifs (C(OH)–C–C–N with tert-alkyl or cyclic N) is 1. The molecule has 4 aromatic rings. The number of pyridine rings is 1. The van der Waals surface area contributed by atoms with Crippen molar-refractivity contribution in [3.8, 4) is 5.82 Å². The van der Waals surface area contributed by atoms with E-state index in [0.29, 0.717) is 52.2 Å². The van der Waals surface area contributed by atoms with E-state index in [2.05, 4.69) is 36.0 Å². The molecule has 1 amide bonds. The standard InChI is InChI=1S/C19H15BrClN5O.C9H17NO3.C2H6/c1-10-9-26(25-11(10)2)18-4-3-12(8-22-18)5-17-23-16-7-14(20)15(21)6-13(16)19(27)24-17;1-9(2,3)13-8(12)10-5-4-7(11)6-10;1-2/h3-4,6-9H,5H2,1-2H3,(H,23,24,27);7,11H,4-6H2,1-3H3;1-2H3. The average molecular weight is 662 g/mol. The number of carbonyl (C=O) groups excluding carboxylic acids is 1. The van der Waals surface area contributed by atoms with Gasteiger partial charge in [0.1, 0.15) is 11.4 Å². The first-order valence-electron chi connectivity index (χ1n) is 13.8. The molecule has 226 valence electrons. The van der Waals surface area contributed by atoms with Crippen molar-refractivity contribution in [2.24, 2.45) is 0 Å². The summed E-state index contributed by atoms with van der Waals surface area (Å²) in [7, 11) is 0. The van der Waals surface area contributed by atoms with Crippen LogP contribution >= 0.6 is 27.5 Å². The molecule has 12 heteroatoms. The third kappa shape index (κ3) is 8.86. The molecule has 1 aliphatic rings. The van der Waals surface area contributed by atoms with Gasteiger partial charge in [0.25, 0.3) is 5.56 Å². The van der Waals surface area contributed by atoms with Crippen molar-refractivity contribution in [2.75, 3.05) is 13.1 Å². The molecule has 3 aromatic heterocycles. The van der Waals surface area contributed by atoms with Gasteiger partial charge in [-0.3, -0.25) is 4.79 Å². The highest BCUT2D eigenvalue weighted by atomic mass is 79.9. The largest absolute Gasteiger partial charge is 0.444 e. The van der Waals surface area contributed by atoms with Gasteiger partial charge < -0.3 is 19.7 Å². The fourth-order valence-electron chi connectivity index (χ4n) is 4.01. The first kappa shape index (κ1) is 33.2. The number of fused-ring (bicyclic) bond motifs is 1. The zero-order valence-corrected chi connectivity index (χ0v) is 27.4. The monoisotopic (exact) mass is 660 g/mol. The number of ether oxygens (including phenoxy) is 1. The Balaban J connectivity index is 0.000000272. The molecule has 1 aliphatic heterocycles. The lowest BCUT2D eigenvalue weighted by molar-refractivity contribution is 0.0270. The first-order chi connectivity index (χ1) is 19.8. The van der Waals surface area contributed by atoms with Gasteiger partial charge in [0, 0.05) is 36.4 Å². The minimum absolute atomic E-state index is 0.212. The Morgan fingerprint density at radius 3 is 2.50 bits per heavy atom. The Morgan fingerprint density at radius 2 is 1.95 bits per heavy atom. The number of halogens is 2. The fourth-order valence-corrected chi connectivity index (χ4v) is 4.51. The molecule has 4 heterocycles. The van der Waals surface area contributed by atoms with Gasteiger partial charge in [-0.25, -0.2) is 19.4 Å². The quantitative estimate of drug-likeness (QED) is 0.270. The maximum absolute atomic E-state index is 12.3. The maximum atomic E-state index is 12.3. The molecule has 0 bridgehead atoms. The van der Waals surface area contributed by atoms with Gasteiger partial charge >= 0.3 is 6.09 Å². The van der Waals surface area contributed by atoms with Gasteiger partial charge in [-0.05, 0) is 86.3 Å². The smallest absolute Gasteiger partial charge is 0.410 e. The zero-order valence-electron chi connectivity index (χ0n) is 25.0. The van der Waals surface area contributed by atoms with Gasteiger partial charge in [0.05, 0.1) is 27.7 Å². The lowest BCUT2D eigenvalue weighted by atomic mass is 10.2. The summed E-state index contributed by atoms with van der Waals surface area (Å²) in [5.41, 5.74) is 2.96. The van der Waals surface area contributed by atoms with Crippen LogP contribution in [-0.4, -0.2) is 65.6 Å². The topological polar surface area (TPSA) is 126 Å². The van der Waals surface area contributed by atoms with Crippen molar-refractivity contribution in [1.29, 1.82) is 0 Å². The van der Waals surface area contributed by atoms with Crippen LogP contribution in [0, 0.1) is 13.8 Å². The highest BCUT2D eigenvalue weighted by Gasteiger charge is 2.28. The SMILES string of the molecule is CC.CC(C)(C)OC(=O)N1CCC(O)C1.Cc1cn(-c2ccc(Cc3nc4cc(Br)c(Cl)cc4c(=O)[nH]3)cn2)nc1C. The normalized spacial score (nSPS) is 14.6. The van der Waals surface area contributed by atoms with Gasteiger partial charge in [-0.2, -0.15) is 5.10 Å². The van der Waals surface area contributed by atoms with E-state index < -0.39 is 5.60 Å². The second kappa shape index (κ2) is 14.3. The Labute approximate surface area is 259 Å². The number of benzene rings is 1. The molecule has 10 nitrogen and oxygen atoms in total. The Morgan fingerprint density at radius 1 is 1.24 bits per heavy atom. The summed E-state index contributed by atoms with van der Waals surface area (Å²) in [5.74, 6) is 1.32. The first-order valence-corrected chi connectivity index (χ1v) is 15.0. The minimum atomic E-state index is -0.454. The molecule has 0 radical (unpaired) electrons. The number of hydrogen-bond donors (Lipinski definition) is 2. The molecule has 1 unspecified atom stereocenters. The van der Waals surface area contributed by atoms with E-state index in [9.17, 15) is 14.7 Å². The number of hydrogen-bond acceptors (Lipinski definition) is 7. The second-order valence-electron chi connectivity index (χ2n) is 10.7. The summed E-state index contributed by atoms with van der Waals surface area (Å²) in [4.78, 5) is 37.1. The zero-order chi connectivity index (χ0) is 31.2. The number of aliphatic hydroxyl groups excluding tert-OH is 1. The number of aromatic nitrogens is 5. The summed E-state index contributed by atoms with van der Waals surface area (Å²) in [6, 6.07) is 7.22. The molecular formula is C30H38BrClN6O4. The van der Waals surface area contributed by atoms with E-state index in [0.717, 1.165) is 22.6 Å². The molecular weight excluding hydrogens is 624 g/mol. The van der Waals surface area contributed by atoms with Crippen molar-refractivity contribution in [3.63, 3.8) is 0 Å². The lowest BCUT2D eigenvalue weighted by Gasteiger charge is -2.24. The summed E-state index contributed by atoms with van der Waals surface area (Å²) in [6.45, 7) is 14.5. The number of nitrogens with zero attached hydrogens (tertiary/aromatic N) is 5. The summed E-state index contributed by atoms with van der Waals surface area (Å²) >= 11 is 9.43. The van der Waals surface area contributed by atoms with Gasteiger partial charge in [-0.1, -0.05) is 31.5 Å². The molecule has 1 fully saturated rings. The maximum Gasteiger partial charge on any atom is 0.410 e. The molecule has 0 spiro atoms. The molecule has 1 saturated heterocycles. The van der Waals surface area contributed by atoms with E-state index in [-0.39, 0.29) is 17.8 Å². The molecule has 0 saturated carbocycles. The number of amides is 1. The van der Waals surface area contributed by atoms with Crippen LogP contribution in [0.25, 0.3) is 16.7 Å². The van der Waals surface area contributed by atoms with E-state index >= 15 is 0 Å². The van der Waals surface area contributed by atoms with Crippen LogP contribution < -0.4 is 5.56 Å². The highest BCUT2D eigenvalue weighted by Crippen LogP contribution is 2.26. The Bertz CT molecular complexity index is 1560. The molecule has 2 N–H and O–H groups in total. The van der Waals surface area contributed by atoms with Crippen molar-refractivity contribution >= 4 is 44.5 Å². The van der Waals surface area contributed by atoms with Crippen LogP contribution in [0.2, 0.25) is 5.02 Å². The predicted molar refractivity (Wildman–Crippen MR) is 168 cm³/mol. The van der Waals surface area contributed by atoms with E-state index in [1.54, 1.807) is 23.0 Å². The van der Waals surface area contributed by atoms with Crippen molar-refractivity contribution in [3.05, 3.63) is 79.2 Å². The van der Waals surface area contributed by atoms with Crippen molar-refractivity contribution in [2.45, 2.75) is 73.0 Å². The molecule has 1 atom stereocenters. The third-order valence-electron chi connectivity index (χ3n) is 6.17. The van der Waals surface area contributed by atoms with Crippen molar-refractivity contribution in [1.82, 2.24) is 29.6 Å². The van der Waals surface area contributed by atoms with Crippen LogP contribution in [0.15, 0.2) is 45.9 Å². The number of nitrogens with one attached hydrogen (secondary N) is 1. The average Bonchev–Trinajstić information content (AvgIpc) is 3.51. The minimum Gasteiger partial charge on any atom is -0.444 e. The van der Waals surface area contributed by atoms with Crippen molar-refractivity contribution < 1.29 is 14.6 Å². The van der Waals surface area contributed by atoms with E-state index in [4.69, 9.17) is 16.3 Å². The fraction of sp³-hybridized carbons (Fsp3) is 0.433. The van der Waals surface area contributed by atoms with Gasteiger partial charge in [0.2, 0.25) is 0 Å². The Hall–Kier alpha value is -3.28.